The average molecular weight is 387 g/mol. The van der Waals surface area contributed by atoms with Gasteiger partial charge in [0, 0.05) is 29.0 Å². The van der Waals surface area contributed by atoms with Crippen molar-refractivity contribution in [1.29, 1.82) is 0 Å². The van der Waals surface area contributed by atoms with Gasteiger partial charge in [-0.2, -0.15) is 0 Å². The smallest absolute Gasteiger partial charge is 0.263 e. The molecule has 24 heavy (non-hydrogen) atoms. The fourth-order valence-corrected chi connectivity index (χ4v) is 5.34. The van der Waals surface area contributed by atoms with Crippen molar-refractivity contribution in [2.45, 2.75) is 37.0 Å². The van der Waals surface area contributed by atoms with E-state index in [1.807, 2.05) is 5.38 Å². The van der Waals surface area contributed by atoms with Gasteiger partial charge in [-0.05, 0) is 37.5 Å². The lowest BCUT2D eigenvalue weighted by Crippen LogP contribution is -2.31. The van der Waals surface area contributed by atoms with Crippen LogP contribution in [0.5, 0.6) is 0 Å². The van der Waals surface area contributed by atoms with E-state index in [2.05, 4.69) is 16.6 Å². The minimum Gasteiger partial charge on any atom is -0.381 e. The normalized spacial score (nSPS) is 17.6. The van der Waals surface area contributed by atoms with Crippen LogP contribution in [-0.4, -0.2) is 26.6 Å². The monoisotopic (exact) mass is 386 g/mol. The number of sulfonamides is 1. The molecule has 0 atom stereocenters. The molecule has 8 heteroatoms. The lowest BCUT2D eigenvalue weighted by molar-refractivity contribution is 0.0553. The molecule has 0 radical (unpaired) electrons. The summed E-state index contributed by atoms with van der Waals surface area (Å²) < 4.78 is 33.2. The van der Waals surface area contributed by atoms with Crippen LogP contribution in [0.15, 0.2) is 28.5 Å². The predicted octanol–water partition coefficient (Wildman–Crippen LogP) is 3.97. The summed E-state index contributed by atoms with van der Waals surface area (Å²) in [6.45, 7) is 5.24. The summed E-state index contributed by atoms with van der Waals surface area (Å²) in [6, 6.07) is 4.83. The van der Waals surface area contributed by atoms with Gasteiger partial charge in [-0.25, -0.2) is 13.4 Å². The van der Waals surface area contributed by atoms with Crippen LogP contribution in [0.3, 0.4) is 0 Å². The third kappa shape index (κ3) is 3.44. The van der Waals surface area contributed by atoms with Crippen molar-refractivity contribution in [2.24, 2.45) is 0 Å². The highest BCUT2D eigenvalue weighted by Crippen LogP contribution is 2.36. The van der Waals surface area contributed by atoms with Crippen LogP contribution < -0.4 is 4.72 Å². The van der Waals surface area contributed by atoms with Crippen molar-refractivity contribution in [3.63, 3.8) is 0 Å². The van der Waals surface area contributed by atoms with Crippen LogP contribution >= 0.6 is 22.9 Å². The molecule has 2 aromatic rings. The topological polar surface area (TPSA) is 68.3 Å². The van der Waals surface area contributed by atoms with Crippen molar-refractivity contribution in [1.82, 2.24) is 4.98 Å². The molecular weight excluding hydrogens is 368 g/mol. The Bertz CT molecular complexity index is 843. The molecule has 0 unspecified atom stereocenters. The number of hydrogen-bond acceptors (Lipinski definition) is 5. The van der Waals surface area contributed by atoms with Gasteiger partial charge in [-0.3, -0.25) is 4.72 Å². The van der Waals surface area contributed by atoms with E-state index in [-0.39, 0.29) is 10.3 Å². The van der Waals surface area contributed by atoms with E-state index in [4.69, 9.17) is 16.3 Å². The third-order valence-electron chi connectivity index (χ3n) is 4.45. The summed E-state index contributed by atoms with van der Waals surface area (Å²) in [7, 11) is -3.71. The van der Waals surface area contributed by atoms with Crippen molar-refractivity contribution >= 4 is 38.1 Å². The summed E-state index contributed by atoms with van der Waals surface area (Å²) >= 11 is 7.33. The molecule has 1 aromatic heterocycles. The molecule has 1 fully saturated rings. The highest BCUT2D eigenvalue weighted by atomic mass is 35.5. The molecule has 0 spiro atoms. The van der Waals surface area contributed by atoms with Crippen LogP contribution in [0.2, 0.25) is 5.02 Å². The lowest BCUT2D eigenvalue weighted by atomic mass is 9.80. The van der Waals surface area contributed by atoms with Gasteiger partial charge in [-0.15, -0.1) is 11.3 Å². The number of anilines is 1. The Morgan fingerprint density at radius 2 is 2.04 bits per heavy atom. The van der Waals surface area contributed by atoms with E-state index in [1.54, 1.807) is 19.1 Å². The number of aromatic nitrogens is 1. The Kier molecular flexibility index (Phi) is 4.88. The largest absolute Gasteiger partial charge is 0.381 e. The highest BCUT2D eigenvalue weighted by molar-refractivity contribution is 7.93. The summed E-state index contributed by atoms with van der Waals surface area (Å²) in [6.07, 6.45) is 1.77. The van der Waals surface area contributed by atoms with E-state index in [0.29, 0.717) is 28.9 Å². The molecular formula is C16H19ClN2O3S2. The number of thiazole rings is 1. The highest BCUT2D eigenvalue weighted by Gasteiger charge is 2.32. The van der Waals surface area contributed by atoms with Crippen molar-refractivity contribution in [3.05, 3.63) is 39.9 Å². The van der Waals surface area contributed by atoms with E-state index in [1.165, 1.54) is 17.4 Å². The Labute approximate surface area is 151 Å². The average Bonchev–Trinajstić information content (AvgIpc) is 2.99. The summed E-state index contributed by atoms with van der Waals surface area (Å²) in [4.78, 5) is 4.68. The molecule has 1 N–H and O–H groups in total. The zero-order valence-electron chi connectivity index (χ0n) is 13.5. The lowest BCUT2D eigenvalue weighted by Gasteiger charge is -2.31. The van der Waals surface area contributed by atoms with Crippen LogP contribution in [0.1, 0.15) is 31.0 Å². The molecule has 5 nitrogen and oxygen atoms in total. The molecule has 1 aromatic carbocycles. The first-order chi connectivity index (χ1) is 11.3. The maximum absolute atomic E-state index is 12.6. The number of benzene rings is 1. The standard InChI is InChI=1S/C16H19ClN2O3S2/c1-11-12(17)4-3-5-13(11)24(20,21)19-15-18-14(10-23-15)16(2)6-8-22-9-7-16/h3-5,10H,6-9H2,1-2H3,(H,18,19). The number of nitrogens with one attached hydrogen (secondary N) is 1. The predicted molar refractivity (Wildman–Crippen MR) is 96.5 cm³/mol. The van der Waals surface area contributed by atoms with Crippen LogP contribution in [0.25, 0.3) is 0 Å². The molecule has 2 heterocycles. The Morgan fingerprint density at radius 1 is 1.33 bits per heavy atom. The Hall–Kier alpha value is -1.15. The molecule has 130 valence electrons. The molecule has 0 aliphatic carbocycles. The Morgan fingerprint density at radius 3 is 2.75 bits per heavy atom. The number of rotatable bonds is 4. The first-order valence-electron chi connectivity index (χ1n) is 7.63. The first kappa shape index (κ1) is 17.7. The quantitative estimate of drug-likeness (QED) is 0.863. The summed E-state index contributed by atoms with van der Waals surface area (Å²) in [5.41, 5.74) is 1.38. The summed E-state index contributed by atoms with van der Waals surface area (Å²) in [5.74, 6) is 0. The van der Waals surface area contributed by atoms with Crippen molar-refractivity contribution in [3.8, 4) is 0 Å². The van der Waals surface area contributed by atoms with Gasteiger partial charge in [0.2, 0.25) is 0 Å². The minimum absolute atomic E-state index is 0.0651. The van der Waals surface area contributed by atoms with Crippen LogP contribution in [-0.2, 0) is 20.2 Å². The van der Waals surface area contributed by atoms with Gasteiger partial charge in [-0.1, -0.05) is 24.6 Å². The fourth-order valence-electron chi connectivity index (χ4n) is 2.72. The molecule has 0 bridgehead atoms. The van der Waals surface area contributed by atoms with Gasteiger partial charge in [0.1, 0.15) is 0 Å². The van der Waals surface area contributed by atoms with Crippen molar-refractivity contribution < 1.29 is 13.2 Å². The molecule has 0 saturated carbocycles. The van der Waals surface area contributed by atoms with Gasteiger partial charge in [0.25, 0.3) is 10.0 Å². The van der Waals surface area contributed by atoms with Crippen molar-refractivity contribution in [2.75, 3.05) is 17.9 Å². The maximum atomic E-state index is 12.6. The van der Waals surface area contributed by atoms with E-state index >= 15 is 0 Å². The Balaban J connectivity index is 1.85. The molecule has 1 aliphatic rings. The molecule has 1 aliphatic heterocycles. The second kappa shape index (κ2) is 6.63. The zero-order valence-corrected chi connectivity index (χ0v) is 15.9. The van der Waals surface area contributed by atoms with E-state index < -0.39 is 10.0 Å². The fraction of sp³-hybridized carbons (Fsp3) is 0.438. The number of ether oxygens (including phenoxy) is 1. The second-order valence-corrected chi connectivity index (χ2v) is 9.10. The maximum Gasteiger partial charge on any atom is 0.263 e. The van der Waals surface area contributed by atoms with Crippen LogP contribution in [0.4, 0.5) is 5.13 Å². The molecule has 1 saturated heterocycles. The number of hydrogen-bond donors (Lipinski definition) is 1. The van der Waals surface area contributed by atoms with E-state index in [0.717, 1.165) is 18.5 Å². The molecule has 3 rings (SSSR count). The van der Waals surface area contributed by atoms with Gasteiger partial charge in [0.05, 0.1) is 10.6 Å². The van der Waals surface area contributed by atoms with Gasteiger partial charge < -0.3 is 4.74 Å². The van der Waals surface area contributed by atoms with E-state index in [9.17, 15) is 8.42 Å². The minimum atomic E-state index is -3.71. The van der Waals surface area contributed by atoms with Gasteiger partial charge in [0.15, 0.2) is 5.13 Å². The first-order valence-corrected chi connectivity index (χ1v) is 10.4. The van der Waals surface area contributed by atoms with Crippen LogP contribution in [0, 0.1) is 6.92 Å². The second-order valence-electron chi connectivity index (χ2n) is 6.18. The third-order valence-corrected chi connectivity index (χ3v) is 7.23. The number of nitrogens with zero attached hydrogens (tertiary/aromatic N) is 1. The zero-order chi connectivity index (χ0) is 17.4. The number of halogens is 1. The molecule has 0 amide bonds. The SMILES string of the molecule is Cc1c(Cl)cccc1S(=O)(=O)Nc1nc(C2(C)CCOCC2)cs1. The summed E-state index contributed by atoms with van der Waals surface area (Å²) in [5, 5.41) is 2.72. The van der Waals surface area contributed by atoms with Gasteiger partial charge >= 0.3 is 0 Å².